The summed E-state index contributed by atoms with van der Waals surface area (Å²) < 4.78 is 0. The van der Waals surface area contributed by atoms with Crippen LogP contribution in [0.4, 0.5) is 0 Å². The molecule has 0 saturated heterocycles. The molecule has 0 saturated carbocycles. The van der Waals surface area contributed by atoms with Crippen molar-refractivity contribution in [3.8, 4) is 0 Å². The molecule has 4 heterocycles. The van der Waals surface area contributed by atoms with Crippen molar-refractivity contribution in [2.75, 3.05) is 6.61 Å². The van der Waals surface area contributed by atoms with Crippen molar-refractivity contribution in [2.24, 2.45) is 10.9 Å². The average molecular weight is 524 g/mol. The first-order valence-electron chi connectivity index (χ1n) is 13.7. The van der Waals surface area contributed by atoms with E-state index in [1.807, 2.05) is 6.08 Å². The zero-order chi connectivity index (χ0) is 28.3. The van der Waals surface area contributed by atoms with Crippen molar-refractivity contribution in [3.05, 3.63) is 111 Å². The normalized spacial score (nSPS) is 26.3. The molecule has 5 heteroatoms. The lowest BCUT2D eigenvalue weighted by atomic mass is 9.90. The minimum Gasteiger partial charge on any atom is -0.355 e. The van der Waals surface area contributed by atoms with Crippen molar-refractivity contribution >= 4 is 23.9 Å². The van der Waals surface area contributed by atoms with Gasteiger partial charge in [-0.3, -0.25) is 10.2 Å². The van der Waals surface area contributed by atoms with Gasteiger partial charge in [-0.25, -0.2) is 4.89 Å². The van der Waals surface area contributed by atoms with Crippen molar-refractivity contribution in [1.29, 1.82) is 0 Å². The fourth-order valence-electron chi connectivity index (χ4n) is 5.59. The number of fused-ring (bicyclic) bond motifs is 6. The van der Waals surface area contributed by atoms with Gasteiger partial charge < -0.3 is 10.3 Å². The lowest BCUT2D eigenvalue weighted by molar-refractivity contribution is -0.243. The molecule has 1 aromatic rings. The molecule has 0 aliphatic carbocycles. The largest absolute Gasteiger partial charge is 0.355 e. The van der Waals surface area contributed by atoms with Gasteiger partial charge in [0.05, 0.1) is 6.61 Å². The highest BCUT2D eigenvalue weighted by molar-refractivity contribution is 6.12. The highest BCUT2D eigenvalue weighted by atomic mass is 17.1. The second-order valence-electron chi connectivity index (χ2n) is 10.6. The van der Waals surface area contributed by atoms with Gasteiger partial charge in [0.1, 0.15) is 0 Å². The van der Waals surface area contributed by atoms with Gasteiger partial charge in [0.25, 0.3) is 0 Å². The van der Waals surface area contributed by atoms with E-state index in [-0.39, 0.29) is 5.92 Å². The van der Waals surface area contributed by atoms with E-state index in [4.69, 9.17) is 10.2 Å². The van der Waals surface area contributed by atoms with E-state index in [9.17, 15) is 0 Å². The Kier molecular flexibility index (Phi) is 8.73. The third-order valence-electron chi connectivity index (χ3n) is 8.17. The molecule has 3 aliphatic rings. The molecule has 0 fully saturated rings. The Bertz CT molecular complexity index is 1520. The molecule has 3 aliphatic heterocycles. The highest BCUT2D eigenvalue weighted by Gasteiger charge is 2.29. The number of nitrogens with zero attached hydrogens (tertiary/aromatic N) is 1. The maximum Gasteiger partial charge on any atom is 0.0820 e. The van der Waals surface area contributed by atoms with Crippen LogP contribution in [-0.2, 0) is 4.89 Å². The van der Waals surface area contributed by atoms with Gasteiger partial charge in [0.15, 0.2) is 0 Å². The molecule has 1 unspecified atom stereocenters. The van der Waals surface area contributed by atoms with Crippen LogP contribution in [-0.4, -0.2) is 22.6 Å². The van der Waals surface area contributed by atoms with Crippen LogP contribution in [0.1, 0.15) is 64.0 Å². The highest BCUT2D eigenvalue weighted by Crippen LogP contribution is 2.38. The summed E-state index contributed by atoms with van der Waals surface area (Å²) in [7, 11) is 0. The molecule has 0 spiro atoms. The van der Waals surface area contributed by atoms with Gasteiger partial charge in [-0.15, -0.1) is 0 Å². The van der Waals surface area contributed by atoms with E-state index < -0.39 is 0 Å². The van der Waals surface area contributed by atoms with Crippen LogP contribution in [0.3, 0.4) is 0 Å². The molecule has 204 valence electrons. The lowest BCUT2D eigenvalue weighted by Gasteiger charge is -2.17. The molecule has 1 atom stereocenters. The van der Waals surface area contributed by atoms with Gasteiger partial charge in [0, 0.05) is 57.0 Å². The van der Waals surface area contributed by atoms with Gasteiger partial charge >= 0.3 is 0 Å². The summed E-state index contributed by atoms with van der Waals surface area (Å²) in [6, 6.07) is 0. The van der Waals surface area contributed by atoms with Crippen LogP contribution in [0, 0.1) is 12.8 Å². The number of H-pyrrole nitrogens is 1. The SMILES string of the molecule is C=Cc1c(C)/c2[nH]/c1=C\C(=C)/C(C)=C(CC)\C=C\C1=C(C)C(=C)C/C(=C3N=C(\C=2)CC/3CCCOO)C(=C)N1. The number of aliphatic imine (C=N–C) groups is 1. The Balaban J connectivity index is 1.99. The van der Waals surface area contributed by atoms with Gasteiger partial charge in [-0.1, -0.05) is 45.4 Å². The van der Waals surface area contributed by atoms with Gasteiger partial charge in [-0.05, 0) is 98.1 Å². The Labute approximate surface area is 232 Å². The van der Waals surface area contributed by atoms with Crippen molar-refractivity contribution < 1.29 is 10.1 Å². The van der Waals surface area contributed by atoms with Crippen LogP contribution in [0.25, 0.3) is 18.2 Å². The minimum absolute atomic E-state index is 0.196. The molecular formula is C34H41N3O2. The zero-order valence-corrected chi connectivity index (χ0v) is 23.8. The number of nitrogens with one attached hydrogen (secondary N) is 2. The zero-order valence-electron chi connectivity index (χ0n) is 23.8. The minimum atomic E-state index is 0.196. The van der Waals surface area contributed by atoms with Gasteiger partial charge in [0.2, 0.25) is 0 Å². The third kappa shape index (κ3) is 5.85. The number of allylic oxidation sites excluding steroid dienone is 9. The van der Waals surface area contributed by atoms with Crippen LogP contribution < -0.4 is 16.0 Å². The Morgan fingerprint density at radius 2 is 1.87 bits per heavy atom. The van der Waals surface area contributed by atoms with Crippen molar-refractivity contribution in [1.82, 2.24) is 10.3 Å². The molecule has 5 nitrogen and oxygen atoms in total. The summed E-state index contributed by atoms with van der Waals surface area (Å²) in [5.74, 6) is 0.196. The first-order chi connectivity index (χ1) is 18.7. The quantitative estimate of drug-likeness (QED) is 0.221. The molecule has 0 radical (unpaired) electrons. The van der Waals surface area contributed by atoms with Crippen LogP contribution in [0.15, 0.2) is 94.0 Å². The fourth-order valence-corrected chi connectivity index (χ4v) is 5.59. The fraction of sp³-hybridized carbons (Fsp3) is 0.324. The molecule has 4 rings (SSSR count). The maximum atomic E-state index is 8.91. The maximum absolute atomic E-state index is 8.91. The Morgan fingerprint density at radius 3 is 2.56 bits per heavy atom. The predicted octanol–water partition coefficient (Wildman–Crippen LogP) is 6.70. The second-order valence-corrected chi connectivity index (χ2v) is 10.6. The van der Waals surface area contributed by atoms with E-state index >= 15 is 0 Å². The van der Waals surface area contributed by atoms with E-state index in [0.29, 0.717) is 13.0 Å². The summed E-state index contributed by atoms with van der Waals surface area (Å²) in [6.07, 6.45) is 14.4. The number of aromatic nitrogens is 1. The Hall–Kier alpha value is -3.67. The predicted molar refractivity (Wildman–Crippen MR) is 164 cm³/mol. The topological polar surface area (TPSA) is 69.6 Å². The standard InChI is InChI=1S/C34H41N3O2/c1-9-26-13-14-31-23(6)20(3)16-30(25(8)35-31)34-27(12-11-15-39-38)18-28(36-34)19-32-24(7)29(10-2)33(37-32)17-21(4)22(26)5/h10,13-14,17,19,27,35,37-38H,2-4,8-9,11-12,15-16,18H2,1,5-7H3/b14-13+,26-22-,32-19-,33-17-,34-30-. The van der Waals surface area contributed by atoms with Crippen molar-refractivity contribution in [3.63, 3.8) is 0 Å². The monoisotopic (exact) mass is 523 g/mol. The number of hydrogen-bond donors (Lipinski definition) is 3. The lowest BCUT2D eigenvalue weighted by Crippen LogP contribution is -2.14. The summed E-state index contributed by atoms with van der Waals surface area (Å²) in [5.41, 5.74) is 12.7. The average Bonchev–Trinajstić information content (AvgIpc) is 3.41. The first kappa shape index (κ1) is 28.3. The summed E-state index contributed by atoms with van der Waals surface area (Å²) in [5, 5.41) is 14.5. The summed E-state index contributed by atoms with van der Waals surface area (Å²) in [4.78, 5) is 13.2. The number of rotatable bonds is 6. The van der Waals surface area contributed by atoms with Gasteiger partial charge in [-0.2, -0.15) is 0 Å². The van der Waals surface area contributed by atoms with Crippen LogP contribution in [0.5, 0.6) is 0 Å². The van der Waals surface area contributed by atoms with E-state index in [2.05, 4.69) is 93.5 Å². The van der Waals surface area contributed by atoms with E-state index in [1.54, 1.807) is 0 Å². The number of aromatic amines is 1. The van der Waals surface area contributed by atoms with E-state index in [0.717, 1.165) is 98.2 Å². The van der Waals surface area contributed by atoms with Crippen LogP contribution >= 0.6 is 0 Å². The van der Waals surface area contributed by atoms with Crippen LogP contribution in [0.2, 0.25) is 0 Å². The smallest absolute Gasteiger partial charge is 0.0820 e. The molecule has 1 aromatic heterocycles. The molecule has 3 N–H and O–H groups in total. The first-order valence-corrected chi connectivity index (χ1v) is 13.7. The molecule has 0 aromatic carbocycles. The van der Waals surface area contributed by atoms with E-state index in [1.165, 1.54) is 5.57 Å². The van der Waals surface area contributed by atoms with Crippen molar-refractivity contribution in [2.45, 2.75) is 59.8 Å². The second kappa shape index (κ2) is 12.0. The number of hydrogen-bond acceptors (Lipinski definition) is 4. The molecule has 0 amide bonds. The molecule has 6 bridgehead atoms. The summed E-state index contributed by atoms with van der Waals surface area (Å²) in [6.45, 7) is 26.2. The molecular weight excluding hydrogens is 482 g/mol. The Morgan fingerprint density at radius 1 is 1.10 bits per heavy atom. The third-order valence-corrected chi connectivity index (χ3v) is 8.17. The molecule has 39 heavy (non-hydrogen) atoms. The summed E-state index contributed by atoms with van der Waals surface area (Å²) >= 11 is 0.